The van der Waals surface area contributed by atoms with E-state index in [1.54, 1.807) is 30.3 Å². The van der Waals surface area contributed by atoms with Crippen molar-refractivity contribution in [2.24, 2.45) is 0 Å². The van der Waals surface area contributed by atoms with Crippen molar-refractivity contribution in [3.8, 4) is 6.07 Å². The van der Waals surface area contributed by atoms with Gasteiger partial charge in [-0.15, -0.1) is 0 Å². The molecule has 0 aliphatic carbocycles. The van der Waals surface area contributed by atoms with E-state index in [1.165, 1.54) is 0 Å². The third-order valence-electron chi connectivity index (χ3n) is 2.53. The lowest BCUT2D eigenvalue weighted by molar-refractivity contribution is 1.44. The first-order chi connectivity index (χ1) is 8.22. The van der Waals surface area contributed by atoms with Gasteiger partial charge in [-0.3, -0.25) is 5.41 Å². The van der Waals surface area contributed by atoms with Crippen LogP contribution < -0.4 is 5.73 Å². The van der Waals surface area contributed by atoms with Gasteiger partial charge in [0.15, 0.2) is 0 Å². The highest BCUT2D eigenvalue weighted by Gasteiger charge is 2.07. The highest BCUT2D eigenvalue weighted by atomic mass is 14.6. The predicted octanol–water partition coefficient (Wildman–Crippen LogP) is 2.56. The molecule has 0 aliphatic heterocycles. The van der Waals surface area contributed by atoms with Crippen molar-refractivity contribution >= 4 is 11.4 Å². The van der Waals surface area contributed by atoms with Crippen molar-refractivity contribution in [3.05, 3.63) is 65.2 Å². The first kappa shape index (κ1) is 10.9. The Balaban J connectivity index is 2.38. The summed E-state index contributed by atoms with van der Waals surface area (Å²) in [7, 11) is 0. The van der Waals surface area contributed by atoms with Gasteiger partial charge in [-0.05, 0) is 18.2 Å². The quantitative estimate of drug-likeness (QED) is 0.604. The number of benzene rings is 2. The van der Waals surface area contributed by atoms with Crippen LogP contribution in [0.3, 0.4) is 0 Å². The molecule has 2 aromatic carbocycles. The van der Waals surface area contributed by atoms with Crippen LogP contribution in [0.15, 0.2) is 48.5 Å². The Bertz CT molecular complexity index is 592. The fraction of sp³-hybridized carbons (Fsp3) is 0. The first-order valence-corrected chi connectivity index (χ1v) is 5.16. The molecule has 3 heteroatoms. The van der Waals surface area contributed by atoms with E-state index in [4.69, 9.17) is 16.4 Å². The van der Waals surface area contributed by atoms with Gasteiger partial charge in [0.05, 0.1) is 17.3 Å². The number of hydrogen-bond donors (Lipinski definition) is 2. The van der Waals surface area contributed by atoms with Crippen LogP contribution in [0.25, 0.3) is 0 Å². The summed E-state index contributed by atoms with van der Waals surface area (Å²) in [5.74, 6) is 0. The molecule has 0 atom stereocenters. The van der Waals surface area contributed by atoms with E-state index >= 15 is 0 Å². The minimum absolute atomic E-state index is 0.368. The summed E-state index contributed by atoms with van der Waals surface area (Å²) >= 11 is 0. The summed E-state index contributed by atoms with van der Waals surface area (Å²) < 4.78 is 0. The highest BCUT2D eigenvalue weighted by Crippen LogP contribution is 2.16. The maximum absolute atomic E-state index is 8.70. The van der Waals surface area contributed by atoms with Crippen LogP contribution in [0.5, 0.6) is 0 Å². The van der Waals surface area contributed by atoms with E-state index in [0.29, 0.717) is 22.5 Å². The molecular weight excluding hydrogens is 210 g/mol. The second-order valence-corrected chi connectivity index (χ2v) is 3.65. The van der Waals surface area contributed by atoms with Crippen LogP contribution >= 0.6 is 0 Å². The number of nitrogens with two attached hydrogens (primary N) is 1. The molecule has 2 rings (SSSR count). The van der Waals surface area contributed by atoms with Crippen LogP contribution in [-0.2, 0) is 0 Å². The molecule has 0 fully saturated rings. The maximum atomic E-state index is 8.70. The molecule has 17 heavy (non-hydrogen) atoms. The van der Waals surface area contributed by atoms with Gasteiger partial charge in [-0.2, -0.15) is 5.26 Å². The van der Waals surface area contributed by atoms with Crippen LogP contribution in [-0.4, -0.2) is 5.71 Å². The molecule has 3 nitrogen and oxygen atoms in total. The van der Waals surface area contributed by atoms with Crippen molar-refractivity contribution in [1.82, 2.24) is 0 Å². The number of nitrogen functional groups attached to an aromatic ring is 1. The van der Waals surface area contributed by atoms with E-state index in [1.807, 2.05) is 24.3 Å². The van der Waals surface area contributed by atoms with Gasteiger partial charge in [-0.1, -0.05) is 30.3 Å². The summed E-state index contributed by atoms with van der Waals surface area (Å²) in [5.41, 5.74) is 8.82. The number of hydrogen-bond acceptors (Lipinski definition) is 3. The number of anilines is 1. The third-order valence-corrected chi connectivity index (χ3v) is 2.53. The molecule has 0 radical (unpaired) electrons. The lowest BCUT2D eigenvalue weighted by Crippen LogP contribution is -2.05. The van der Waals surface area contributed by atoms with E-state index in [2.05, 4.69) is 0 Å². The Hall–Kier alpha value is -2.60. The van der Waals surface area contributed by atoms with Crippen molar-refractivity contribution in [2.45, 2.75) is 0 Å². The van der Waals surface area contributed by atoms with Gasteiger partial charge in [0.25, 0.3) is 0 Å². The Kier molecular flexibility index (Phi) is 2.89. The maximum Gasteiger partial charge on any atom is 0.0991 e. The SMILES string of the molecule is N#Cc1ccc(C(=N)c2ccccc2N)cc1. The Morgan fingerprint density at radius 1 is 1.06 bits per heavy atom. The molecule has 0 unspecified atom stereocenters. The molecule has 0 amide bonds. The number of nitriles is 1. The van der Waals surface area contributed by atoms with E-state index in [-0.39, 0.29) is 0 Å². The monoisotopic (exact) mass is 221 g/mol. The van der Waals surface area contributed by atoms with Gasteiger partial charge in [0, 0.05) is 16.8 Å². The Morgan fingerprint density at radius 2 is 1.71 bits per heavy atom. The summed E-state index contributed by atoms with van der Waals surface area (Å²) in [6.45, 7) is 0. The molecule has 0 heterocycles. The third kappa shape index (κ3) is 2.16. The summed E-state index contributed by atoms with van der Waals surface area (Å²) in [5, 5.41) is 16.8. The molecule has 0 spiro atoms. The van der Waals surface area contributed by atoms with E-state index < -0.39 is 0 Å². The summed E-state index contributed by atoms with van der Waals surface area (Å²) in [4.78, 5) is 0. The normalized spacial score (nSPS) is 9.59. The van der Waals surface area contributed by atoms with Gasteiger partial charge >= 0.3 is 0 Å². The largest absolute Gasteiger partial charge is 0.398 e. The molecule has 0 bridgehead atoms. The standard InChI is InChI=1S/C14H11N3/c15-9-10-5-7-11(8-6-10)14(17)12-3-1-2-4-13(12)16/h1-8,17H,16H2. The fourth-order valence-electron chi connectivity index (χ4n) is 1.59. The fourth-order valence-corrected chi connectivity index (χ4v) is 1.59. The Morgan fingerprint density at radius 3 is 2.29 bits per heavy atom. The van der Waals surface area contributed by atoms with Crippen molar-refractivity contribution in [3.63, 3.8) is 0 Å². The molecule has 2 aromatic rings. The van der Waals surface area contributed by atoms with Crippen molar-refractivity contribution < 1.29 is 0 Å². The van der Waals surface area contributed by atoms with Crippen LogP contribution in [0.2, 0.25) is 0 Å². The number of rotatable bonds is 2. The lowest BCUT2D eigenvalue weighted by Gasteiger charge is -2.07. The second kappa shape index (κ2) is 4.50. The van der Waals surface area contributed by atoms with Crippen molar-refractivity contribution in [2.75, 3.05) is 5.73 Å². The van der Waals surface area contributed by atoms with Crippen LogP contribution in [0, 0.1) is 16.7 Å². The first-order valence-electron chi connectivity index (χ1n) is 5.16. The minimum atomic E-state index is 0.368. The van der Waals surface area contributed by atoms with Gasteiger partial charge < -0.3 is 5.73 Å². The Labute approximate surface area is 99.6 Å². The zero-order valence-corrected chi connectivity index (χ0v) is 9.14. The molecule has 0 saturated heterocycles. The average Bonchev–Trinajstić information content (AvgIpc) is 2.39. The molecule has 82 valence electrons. The summed E-state index contributed by atoms with van der Waals surface area (Å²) in [6, 6.07) is 16.2. The second-order valence-electron chi connectivity index (χ2n) is 3.65. The molecular formula is C14H11N3. The van der Waals surface area contributed by atoms with Crippen LogP contribution in [0.4, 0.5) is 5.69 Å². The predicted molar refractivity (Wildman–Crippen MR) is 67.9 cm³/mol. The topological polar surface area (TPSA) is 73.7 Å². The van der Waals surface area contributed by atoms with E-state index in [0.717, 1.165) is 5.56 Å². The van der Waals surface area contributed by atoms with Gasteiger partial charge in [-0.25, -0.2) is 0 Å². The highest BCUT2D eigenvalue weighted by molar-refractivity contribution is 6.13. The molecule has 0 aliphatic rings. The molecule has 0 aromatic heterocycles. The van der Waals surface area contributed by atoms with E-state index in [9.17, 15) is 0 Å². The van der Waals surface area contributed by atoms with Gasteiger partial charge in [0.1, 0.15) is 0 Å². The smallest absolute Gasteiger partial charge is 0.0991 e. The number of nitrogens with zero attached hydrogens (tertiary/aromatic N) is 1. The van der Waals surface area contributed by atoms with Gasteiger partial charge in [0.2, 0.25) is 0 Å². The minimum Gasteiger partial charge on any atom is -0.398 e. The summed E-state index contributed by atoms with van der Waals surface area (Å²) in [6.07, 6.45) is 0. The zero-order chi connectivity index (χ0) is 12.3. The molecule has 0 saturated carbocycles. The van der Waals surface area contributed by atoms with Crippen LogP contribution in [0.1, 0.15) is 16.7 Å². The zero-order valence-electron chi connectivity index (χ0n) is 9.14. The lowest BCUT2D eigenvalue weighted by atomic mass is 10.0. The number of nitrogens with one attached hydrogen (secondary N) is 1. The number of para-hydroxylation sites is 1. The molecule has 3 N–H and O–H groups in total. The average molecular weight is 221 g/mol. The van der Waals surface area contributed by atoms with Crippen molar-refractivity contribution in [1.29, 1.82) is 10.7 Å².